The lowest BCUT2D eigenvalue weighted by Crippen LogP contribution is -2.22. The van der Waals surface area contributed by atoms with Gasteiger partial charge < -0.3 is 5.32 Å². The van der Waals surface area contributed by atoms with Crippen LogP contribution in [0.25, 0.3) is 15.9 Å². The molecular formula is C24H23N3O2S2. The minimum absolute atomic E-state index is 0.110. The quantitative estimate of drug-likeness (QED) is 0.318. The molecule has 1 N–H and O–H groups in total. The van der Waals surface area contributed by atoms with E-state index in [0.29, 0.717) is 15.4 Å². The van der Waals surface area contributed by atoms with Crippen molar-refractivity contribution in [1.82, 2.24) is 9.55 Å². The number of carbonyl (C=O) groups is 1. The minimum atomic E-state index is -0.138. The number of anilines is 1. The van der Waals surface area contributed by atoms with E-state index in [1.807, 2.05) is 67.8 Å². The van der Waals surface area contributed by atoms with Crippen LogP contribution in [0.4, 0.5) is 5.69 Å². The summed E-state index contributed by atoms with van der Waals surface area (Å²) in [6, 6.07) is 15.6. The highest BCUT2D eigenvalue weighted by Gasteiger charge is 2.16. The Kier molecular flexibility index (Phi) is 6.25. The Balaban J connectivity index is 1.62. The predicted octanol–water partition coefficient (Wildman–Crippen LogP) is 5.36. The number of thiophene rings is 1. The lowest BCUT2D eigenvalue weighted by molar-refractivity contribution is -0.113. The third kappa shape index (κ3) is 4.57. The second kappa shape index (κ2) is 9.08. The summed E-state index contributed by atoms with van der Waals surface area (Å²) in [6.45, 7) is 6.15. The van der Waals surface area contributed by atoms with Crippen LogP contribution in [-0.4, -0.2) is 21.2 Å². The minimum Gasteiger partial charge on any atom is -0.325 e. The molecule has 0 radical (unpaired) electrons. The van der Waals surface area contributed by atoms with Crippen LogP contribution >= 0.6 is 23.1 Å². The van der Waals surface area contributed by atoms with Gasteiger partial charge in [0.1, 0.15) is 4.70 Å². The Morgan fingerprint density at radius 3 is 2.58 bits per heavy atom. The molecule has 0 aliphatic rings. The molecule has 31 heavy (non-hydrogen) atoms. The van der Waals surface area contributed by atoms with Gasteiger partial charge in [0.2, 0.25) is 5.91 Å². The van der Waals surface area contributed by atoms with Crippen LogP contribution in [0.3, 0.4) is 0 Å². The van der Waals surface area contributed by atoms with E-state index in [0.717, 1.165) is 28.9 Å². The molecule has 0 fully saturated rings. The van der Waals surface area contributed by atoms with Gasteiger partial charge in [-0.25, -0.2) is 4.98 Å². The number of rotatable bonds is 6. The van der Waals surface area contributed by atoms with E-state index in [-0.39, 0.29) is 17.2 Å². The molecule has 2 aromatic heterocycles. The van der Waals surface area contributed by atoms with Crippen LogP contribution in [0.1, 0.15) is 23.6 Å². The lowest BCUT2D eigenvalue weighted by Gasteiger charge is -2.13. The third-order valence-electron chi connectivity index (χ3n) is 5.18. The number of carbonyl (C=O) groups excluding carboxylic acids is 1. The number of nitrogens with zero attached hydrogens (tertiary/aromatic N) is 2. The topological polar surface area (TPSA) is 64.0 Å². The first kappa shape index (κ1) is 21.3. The Bertz CT molecular complexity index is 1310. The summed E-state index contributed by atoms with van der Waals surface area (Å²) < 4.78 is 2.22. The summed E-state index contributed by atoms with van der Waals surface area (Å²) in [5.41, 5.74) is 5.54. The van der Waals surface area contributed by atoms with E-state index in [1.165, 1.54) is 28.7 Å². The number of nitrogens with one attached hydrogen (secondary N) is 1. The second-order valence-corrected chi connectivity index (χ2v) is 9.18. The Morgan fingerprint density at radius 2 is 1.87 bits per heavy atom. The number of aromatic nitrogens is 2. The molecule has 0 bridgehead atoms. The van der Waals surface area contributed by atoms with Crippen molar-refractivity contribution in [3.8, 4) is 5.69 Å². The summed E-state index contributed by atoms with van der Waals surface area (Å²) in [5, 5.41) is 5.29. The van der Waals surface area contributed by atoms with Gasteiger partial charge >= 0.3 is 0 Å². The molecule has 4 aromatic rings. The largest absolute Gasteiger partial charge is 0.325 e. The fourth-order valence-corrected chi connectivity index (χ4v) is 4.80. The van der Waals surface area contributed by atoms with E-state index in [4.69, 9.17) is 0 Å². The molecule has 2 aromatic carbocycles. The Morgan fingerprint density at radius 1 is 1.10 bits per heavy atom. The van der Waals surface area contributed by atoms with Crippen LogP contribution < -0.4 is 10.9 Å². The van der Waals surface area contributed by atoms with Crippen molar-refractivity contribution in [2.45, 2.75) is 32.3 Å². The normalized spacial score (nSPS) is 11.1. The van der Waals surface area contributed by atoms with E-state index < -0.39 is 0 Å². The van der Waals surface area contributed by atoms with E-state index in [1.54, 1.807) is 4.57 Å². The number of aryl methyl sites for hydroxylation is 3. The molecule has 158 valence electrons. The smallest absolute Gasteiger partial charge is 0.276 e. The van der Waals surface area contributed by atoms with Gasteiger partial charge in [-0.1, -0.05) is 36.9 Å². The molecule has 0 aliphatic carbocycles. The van der Waals surface area contributed by atoms with Crippen molar-refractivity contribution in [2.24, 2.45) is 0 Å². The highest BCUT2D eigenvalue weighted by atomic mass is 32.2. The summed E-state index contributed by atoms with van der Waals surface area (Å²) in [5.74, 6) is 0.0168. The molecule has 7 heteroatoms. The van der Waals surface area contributed by atoms with Crippen molar-refractivity contribution in [1.29, 1.82) is 0 Å². The molecule has 0 atom stereocenters. The second-order valence-electron chi connectivity index (χ2n) is 7.33. The van der Waals surface area contributed by atoms with E-state index in [9.17, 15) is 9.59 Å². The highest BCUT2D eigenvalue weighted by molar-refractivity contribution is 7.99. The summed E-state index contributed by atoms with van der Waals surface area (Å²) in [4.78, 5) is 30.4. The van der Waals surface area contributed by atoms with Gasteiger partial charge in [0.15, 0.2) is 5.16 Å². The van der Waals surface area contributed by atoms with E-state index in [2.05, 4.69) is 17.2 Å². The van der Waals surface area contributed by atoms with Gasteiger partial charge in [-0.3, -0.25) is 14.2 Å². The molecule has 0 spiro atoms. The fraction of sp³-hybridized carbons (Fsp3) is 0.208. The number of thioether (sulfide) groups is 1. The average Bonchev–Trinajstić information content (AvgIpc) is 3.24. The summed E-state index contributed by atoms with van der Waals surface area (Å²) in [7, 11) is 0. The van der Waals surface area contributed by atoms with Crippen LogP contribution in [0.5, 0.6) is 0 Å². The molecular weight excluding hydrogens is 426 g/mol. The maximum Gasteiger partial charge on any atom is 0.276 e. The number of hydrogen-bond acceptors (Lipinski definition) is 5. The first-order valence-corrected chi connectivity index (χ1v) is 11.9. The first-order valence-electron chi connectivity index (χ1n) is 10.1. The van der Waals surface area contributed by atoms with Crippen LogP contribution in [-0.2, 0) is 11.2 Å². The Labute approximate surface area is 189 Å². The van der Waals surface area contributed by atoms with Crippen molar-refractivity contribution < 1.29 is 4.79 Å². The van der Waals surface area contributed by atoms with Gasteiger partial charge in [-0.15, -0.1) is 11.3 Å². The molecule has 0 aliphatic heterocycles. The zero-order chi connectivity index (χ0) is 22.0. The first-order chi connectivity index (χ1) is 15.0. The summed E-state index contributed by atoms with van der Waals surface area (Å²) >= 11 is 2.65. The lowest BCUT2D eigenvalue weighted by atomic mass is 10.1. The monoisotopic (exact) mass is 449 g/mol. The van der Waals surface area contributed by atoms with Crippen molar-refractivity contribution in [3.05, 3.63) is 81.0 Å². The SMILES string of the molecule is CCc1ccc(NC(=O)CSc2nc3ccsc3c(=O)n2-c2ccc(C)c(C)c2)cc1. The highest BCUT2D eigenvalue weighted by Crippen LogP contribution is 2.25. The molecule has 2 heterocycles. The van der Waals surface area contributed by atoms with Gasteiger partial charge in [-0.2, -0.15) is 0 Å². The van der Waals surface area contributed by atoms with Crippen molar-refractivity contribution in [2.75, 3.05) is 11.1 Å². The number of amides is 1. The van der Waals surface area contributed by atoms with Gasteiger partial charge in [-0.05, 0) is 72.7 Å². The molecule has 0 saturated heterocycles. The zero-order valence-corrected chi connectivity index (χ0v) is 19.3. The maximum absolute atomic E-state index is 13.2. The average molecular weight is 450 g/mol. The fourth-order valence-electron chi connectivity index (χ4n) is 3.23. The van der Waals surface area contributed by atoms with Crippen molar-refractivity contribution >= 4 is 44.9 Å². The maximum atomic E-state index is 13.2. The van der Waals surface area contributed by atoms with Gasteiger partial charge in [0.05, 0.1) is 17.0 Å². The van der Waals surface area contributed by atoms with Crippen LogP contribution in [0.15, 0.2) is 63.9 Å². The van der Waals surface area contributed by atoms with Crippen LogP contribution in [0.2, 0.25) is 0 Å². The zero-order valence-electron chi connectivity index (χ0n) is 17.6. The molecule has 0 unspecified atom stereocenters. The summed E-state index contributed by atoms with van der Waals surface area (Å²) in [6.07, 6.45) is 0.955. The molecule has 0 saturated carbocycles. The number of benzene rings is 2. The standard InChI is InChI=1S/C24H23N3O2S2/c1-4-17-6-8-18(9-7-17)25-21(28)14-31-24-26-20-11-12-30-22(20)23(29)27(24)19-10-5-15(2)16(3)13-19/h5-13H,4,14H2,1-3H3,(H,25,28). The molecule has 4 rings (SSSR count). The number of fused-ring (bicyclic) bond motifs is 1. The van der Waals surface area contributed by atoms with E-state index >= 15 is 0 Å². The van der Waals surface area contributed by atoms with Crippen molar-refractivity contribution in [3.63, 3.8) is 0 Å². The predicted molar refractivity (Wildman–Crippen MR) is 130 cm³/mol. The number of hydrogen-bond donors (Lipinski definition) is 1. The Hall–Kier alpha value is -2.90. The molecule has 1 amide bonds. The van der Waals surface area contributed by atoms with Gasteiger partial charge in [0, 0.05) is 5.69 Å². The molecule has 5 nitrogen and oxygen atoms in total. The van der Waals surface area contributed by atoms with Gasteiger partial charge in [0.25, 0.3) is 5.56 Å². The third-order valence-corrected chi connectivity index (χ3v) is 7.01. The van der Waals surface area contributed by atoms with Crippen LogP contribution in [0, 0.1) is 13.8 Å².